The molecule has 0 saturated carbocycles. The zero-order valence-corrected chi connectivity index (χ0v) is 10.5. The number of rotatable bonds is 3. The van der Waals surface area contributed by atoms with Gasteiger partial charge in [0.05, 0.1) is 0 Å². The minimum atomic E-state index is 0.437. The van der Waals surface area contributed by atoms with Crippen molar-refractivity contribution in [3.8, 4) is 0 Å². The highest BCUT2D eigenvalue weighted by Crippen LogP contribution is 2.30. The first-order valence-electron chi connectivity index (χ1n) is 5.50. The summed E-state index contributed by atoms with van der Waals surface area (Å²) in [7, 11) is 2.01. The van der Waals surface area contributed by atoms with Gasteiger partial charge in [0.1, 0.15) is 0 Å². The van der Waals surface area contributed by atoms with E-state index in [1.165, 1.54) is 0 Å². The number of nitrogens with zero attached hydrogens (tertiary/aromatic N) is 1. The summed E-state index contributed by atoms with van der Waals surface area (Å²) in [5, 5.41) is 0.716. The van der Waals surface area contributed by atoms with Crippen molar-refractivity contribution < 1.29 is 0 Å². The van der Waals surface area contributed by atoms with E-state index in [4.69, 9.17) is 17.3 Å². The molecule has 0 spiro atoms. The molecule has 0 radical (unpaired) electrons. The van der Waals surface area contributed by atoms with Crippen LogP contribution in [-0.2, 0) is 6.54 Å². The molecule has 0 saturated heterocycles. The van der Waals surface area contributed by atoms with Crippen LogP contribution in [0.3, 0.4) is 0 Å². The van der Waals surface area contributed by atoms with Crippen molar-refractivity contribution in [1.29, 1.82) is 0 Å². The predicted molar refractivity (Wildman–Crippen MR) is 73.8 cm³/mol. The summed E-state index contributed by atoms with van der Waals surface area (Å²) in [5.74, 6) is 0. The third kappa shape index (κ3) is 2.43. The maximum absolute atomic E-state index is 6.15. The quantitative estimate of drug-likeness (QED) is 0.897. The Morgan fingerprint density at radius 3 is 2.41 bits per heavy atom. The summed E-state index contributed by atoms with van der Waals surface area (Å²) in [6, 6.07) is 16.0. The first-order chi connectivity index (χ1) is 8.24. The van der Waals surface area contributed by atoms with E-state index in [1.807, 2.05) is 43.4 Å². The Morgan fingerprint density at radius 1 is 1.06 bits per heavy atom. The Balaban J connectivity index is 2.44. The number of halogens is 1. The van der Waals surface area contributed by atoms with Gasteiger partial charge in [0, 0.05) is 35.6 Å². The molecular formula is C14H15ClN2. The fourth-order valence-corrected chi connectivity index (χ4v) is 2.10. The number of anilines is 2. The molecule has 2 rings (SSSR count). The van der Waals surface area contributed by atoms with Crippen LogP contribution >= 0.6 is 11.6 Å². The maximum atomic E-state index is 6.15. The summed E-state index contributed by atoms with van der Waals surface area (Å²) < 4.78 is 0. The summed E-state index contributed by atoms with van der Waals surface area (Å²) in [6.45, 7) is 0.437. The van der Waals surface area contributed by atoms with Crippen LogP contribution in [0.1, 0.15) is 5.56 Å². The monoisotopic (exact) mass is 246 g/mol. The molecule has 0 amide bonds. The SMILES string of the molecule is CN(c1ccccc1)c1cccc(Cl)c1CN. The average Bonchev–Trinajstić information content (AvgIpc) is 2.38. The topological polar surface area (TPSA) is 29.3 Å². The molecular weight excluding hydrogens is 232 g/mol. The van der Waals surface area contributed by atoms with Gasteiger partial charge in [-0.2, -0.15) is 0 Å². The molecule has 2 N–H and O–H groups in total. The van der Waals surface area contributed by atoms with Crippen LogP contribution in [0.15, 0.2) is 48.5 Å². The Hall–Kier alpha value is -1.51. The molecule has 0 aliphatic carbocycles. The lowest BCUT2D eigenvalue weighted by atomic mass is 10.1. The Bertz CT molecular complexity index is 497. The lowest BCUT2D eigenvalue weighted by Crippen LogP contribution is -2.13. The van der Waals surface area contributed by atoms with E-state index < -0.39 is 0 Å². The standard InChI is InChI=1S/C14H15ClN2/c1-17(11-6-3-2-4-7-11)14-9-5-8-13(15)12(14)10-16/h2-9H,10,16H2,1H3. The third-order valence-corrected chi connectivity index (χ3v) is 3.16. The van der Waals surface area contributed by atoms with E-state index in [2.05, 4.69) is 17.0 Å². The van der Waals surface area contributed by atoms with E-state index in [9.17, 15) is 0 Å². The van der Waals surface area contributed by atoms with Crippen molar-refractivity contribution >= 4 is 23.0 Å². The first-order valence-corrected chi connectivity index (χ1v) is 5.88. The van der Waals surface area contributed by atoms with Crippen molar-refractivity contribution in [2.45, 2.75) is 6.54 Å². The van der Waals surface area contributed by atoms with Crippen molar-refractivity contribution in [2.24, 2.45) is 5.73 Å². The summed E-state index contributed by atoms with van der Waals surface area (Å²) in [5.41, 5.74) is 8.89. The van der Waals surface area contributed by atoms with Gasteiger partial charge in [0.2, 0.25) is 0 Å². The van der Waals surface area contributed by atoms with E-state index >= 15 is 0 Å². The summed E-state index contributed by atoms with van der Waals surface area (Å²) in [6.07, 6.45) is 0. The molecule has 0 aliphatic rings. The van der Waals surface area contributed by atoms with Crippen LogP contribution in [0.5, 0.6) is 0 Å². The Morgan fingerprint density at radius 2 is 1.76 bits per heavy atom. The predicted octanol–water partition coefficient (Wildman–Crippen LogP) is 3.57. The molecule has 17 heavy (non-hydrogen) atoms. The zero-order chi connectivity index (χ0) is 12.3. The molecule has 0 aliphatic heterocycles. The second-order valence-electron chi connectivity index (χ2n) is 3.84. The average molecular weight is 247 g/mol. The molecule has 2 nitrogen and oxygen atoms in total. The van der Waals surface area contributed by atoms with Crippen molar-refractivity contribution in [3.63, 3.8) is 0 Å². The summed E-state index contributed by atoms with van der Waals surface area (Å²) in [4.78, 5) is 2.09. The molecule has 0 aromatic heterocycles. The summed E-state index contributed by atoms with van der Waals surface area (Å²) >= 11 is 6.15. The lowest BCUT2D eigenvalue weighted by Gasteiger charge is -2.22. The second kappa shape index (κ2) is 5.21. The third-order valence-electron chi connectivity index (χ3n) is 2.80. The van der Waals surface area contributed by atoms with Crippen LogP contribution in [0.2, 0.25) is 5.02 Å². The van der Waals surface area contributed by atoms with Crippen molar-refractivity contribution in [1.82, 2.24) is 0 Å². The first kappa shape index (κ1) is 12.0. The van der Waals surface area contributed by atoms with Crippen LogP contribution in [0.25, 0.3) is 0 Å². The van der Waals surface area contributed by atoms with Gasteiger partial charge in [-0.1, -0.05) is 35.9 Å². The van der Waals surface area contributed by atoms with Gasteiger partial charge in [0.25, 0.3) is 0 Å². The number of benzene rings is 2. The smallest absolute Gasteiger partial charge is 0.0471 e. The number of hydrogen-bond acceptors (Lipinski definition) is 2. The van der Waals surface area contributed by atoms with Gasteiger partial charge >= 0.3 is 0 Å². The molecule has 2 aromatic carbocycles. The molecule has 3 heteroatoms. The Kier molecular flexibility index (Phi) is 3.67. The van der Waals surface area contributed by atoms with Crippen LogP contribution < -0.4 is 10.6 Å². The molecule has 2 aromatic rings. The Labute approximate surface area is 107 Å². The normalized spacial score (nSPS) is 10.3. The van der Waals surface area contributed by atoms with Gasteiger partial charge < -0.3 is 10.6 Å². The van der Waals surface area contributed by atoms with Gasteiger partial charge in [0.15, 0.2) is 0 Å². The number of para-hydroxylation sites is 1. The van der Waals surface area contributed by atoms with E-state index in [-0.39, 0.29) is 0 Å². The molecule has 88 valence electrons. The largest absolute Gasteiger partial charge is 0.344 e. The van der Waals surface area contributed by atoms with Gasteiger partial charge in [-0.15, -0.1) is 0 Å². The van der Waals surface area contributed by atoms with Crippen LogP contribution in [0.4, 0.5) is 11.4 Å². The highest BCUT2D eigenvalue weighted by Gasteiger charge is 2.10. The number of hydrogen-bond donors (Lipinski definition) is 1. The highest BCUT2D eigenvalue weighted by molar-refractivity contribution is 6.31. The van der Waals surface area contributed by atoms with Crippen LogP contribution in [0, 0.1) is 0 Å². The fourth-order valence-electron chi connectivity index (χ4n) is 1.85. The molecule has 0 heterocycles. The minimum absolute atomic E-state index is 0.437. The van der Waals surface area contributed by atoms with E-state index in [1.54, 1.807) is 0 Å². The van der Waals surface area contributed by atoms with E-state index in [0.717, 1.165) is 16.9 Å². The highest BCUT2D eigenvalue weighted by atomic mass is 35.5. The fraction of sp³-hybridized carbons (Fsp3) is 0.143. The lowest BCUT2D eigenvalue weighted by molar-refractivity contribution is 1.05. The van der Waals surface area contributed by atoms with Crippen molar-refractivity contribution in [2.75, 3.05) is 11.9 Å². The molecule has 0 atom stereocenters. The number of nitrogens with two attached hydrogens (primary N) is 1. The van der Waals surface area contributed by atoms with Crippen LogP contribution in [-0.4, -0.2) is 7.05 Å². The van der Waals surface area contributed by atoms with Gasteiger partial charge in [-0.3, -0.25) is 0 Å². The maximum Gasteiger partial charge on any atom is 0.0471 e. The second-order valence-corrected chi connectivity index (χ2v) is 4.24. The molecule has 0 fully saturated rings. The van der Waals surface area contributed by atoms with E-state index in [0.29, 0.717) is 11.6 Å². The minimum Gasteiger partial charge on any atom is -0.344 e. The molecule has 0 bridgehead atoms. The van der Waals surface area contributed by atoms with Crippen molar-refractivity contribution in [3.05, 3.63) is 59.1 Å². The van der Waals surface area contributed by atoms with Gasteiger partial charge in [-0.25, -0.2) is 0 Å². The molecule has 0 unspecified atom stereocenters. The zero-order valence-electron chi connectivity index (χ0n) is 9.73. The van der Waals surface area contributed by atoms with Gasteiger partial charge in [-0.05, 0) is 24.3 Å².